The molecule has 3 rings (SSSR count). The number of Topliss-reactive ketones (excluding diaryl/α,β-unsaturated/α-hetero) is 1. The third kappa shape index (κ3) is 3.01. The quantitative estimate of drug-likeness (QED) is 0.456. The number of ether oxygens (including phenoxy) is 1. The summed E-state index contributed by atoms with van der Waals surface area (Å²) in [4.78, 5) is 31.4. The number of rotatable bonds is 4. The van der Waals surface area contributed by atoms with Gasteiger partial charge in [0.25, 0.3) is 5.78 Å². The molecule has 1 aromatic rings. The van der Waals surface area contributed by atoms with Crippen LogP contribution in [0.25, 0.3) is 0 Å². The molecule has 2 heterocycles. The Kier molecular flexibility index (Phi) is 4.21. The van der Waals surface area contributed by atoms with E-state index in [1.807, 2.05) is 6.92 Å². The maximum Gasteiger partial charge on any atom is 0.380 e. The zero-order chi connectivity index (χ0) is 16.9. The average Bonchev–Trinajstić information content (AvgIpc) is 3.07. The fourth-order valence-corrected chi connectivity index (χ4v) is 3.87. The van der Waals surface area contributed by atoms with Crippen LogP contribution in [-0.2, 0) is 9.53 Å². The van der Waals surface area contributed by atoms with Gasteiger partial charge in [-0.2, -0.15) is 0 Å². The summed E-state index contributed by atoms with van der Waals surface area (Å²) < 4.78 is 5.89. The highest BCUT2D eigenvalue weighted by molar-refractivity contribution is 9.10. The molecule has 0 spiro atoms. The first-order chi connectivity index (χ1) is 10.8. The number of esters is 1. The van der Waals surface area contributed by atoms with Gasteiger partial charge in [-0.15, -0.1) is 0 Å². The molecule has 23 heavy (non-hydrogen) atoms. The van der Waals surface area contributed by atoms with Crippen LogP contribution in [0.5, 0.6) is 0 Å². The smallest absolute Gasteiger partial charge is 0.380 e. The van der Waals surface area contributed by atoms with Crippen molar-refractivity contribution in [3.8, 4) is 0 Å². The molecule has 2 fully saturated rings. The maximum atomic E-state index is 12.7. The van der Waals surface area contributed by atoms with E-state index in [1.54, 1.807) is 20.8 Å². The van der Waals surface area contributed by atoms with Crippen LogP contribution in [0.4, 0.5) is 5.69 Å². The van der Waals surface area contributed by atoms with Gasteiger partial charge < -0.3 is 9.64 Å². The average molecular weight is 381 g/mol. The molecular formula is C17H21BrN2O3. The van der Waals surface area contributed by atoms with Crippen molar-refractivity contribution < 1.29 is 14.3 Å². The van der Waals surface area contributed by atoms with Gasteiger partial charge in [0.1, 0.15) is 0 Å². The number of hydrogen-bond acceptors (Lipinski definition) is 5. The SMILES string of the molecule is Cc1nc(C)c(C(=O)C(=O)OC(C)C)c(N2CC3CC3C2)c1Br. The molecular weight excluding hydrogens is 360 g/mol. The number of aryl methyl sites for hydroxylation is 2. The summed E-state index contributed by atoms with van der Waals surface area (Å²) in [6.45, 7) is 9.01. The largest absolute Gasteiger partial charge is 0.457 e. The van der Waals surface area contributed by atoms with Crippen molar-refractivity contribution in [2.75, 3.05) is 18.0 Å². The molecule has 0 bridgehead atoms. The number of hydrogen-bond donors (Lipinski definition) is 0. The number of pyridine rings is 1. The summed E-state index contributed by atoms with van der Waals surface area (Å²) in [6, 6.07) is 0. The lowest BCUT2D eigenvalue weighted by Gasteiger charge is -2.26. The van der Waals surface area contributed by atoms with Gasteiger partial charge in [-0.05, 0) is 61.9 Å². The Balaban J connectivity index is 2.02. The number of anilines is 1. The molecule has 0 amide bonds. The summed E-state index contributed by atoms with van der Waals surface area (Å²) in [5, 5.41) is 0. The first-order valence-corrected chi connectivity index (χ1v) is 8.75. The maximum absolute atomic E-state index is 12.7. The topological polar surface area (TPSA) is 59.5 Å². The number of carbonyl (C=O) groups excluding carboxylic acids is 2. The van der Waals surface area contributed by atoms with Crippen LogP contribution in [0.2, 0.25) is 0 Å². The highest BCUT2D eigenvalue weighted by Crippen LogP contribution is 2.48. The van der Waals surface area contributed by atoms with Gasteiger partial charge in [-0.3, -0.25) is 9.78 Å². The lowest BCUT2D eigenvalue weighted by Crippen LogP contribution is -2.29. The highest BCUT2D eigenvalue weighted by atomic mass is 79.9. The molecule has 1 aliphatic heterocycles. The van der Waals surface area contributed by atoms with Crippen LogP contribution in [0.1, 0.15) is 42.0 Å². The van der Waals surface area contributed by atoms with Crippen molar-refractivity contribution in [1.82, 2.24) is 4.98 Å². The first kappa shape index (κ1) is 16.4. The second-order valence-corrected chi connectivity index (χ2v) is 7.56. The second-order valence-electron chi connectivity index (χ2n) is 6.76. The molecule has 1 aliphatic carbocycles. The summed E-state index contributed by atoms with van der Waals surface area (Å²) in [5.74, 6) is 0.0220. The molecule has 1 aromatic heterocycles. The van der Waals surface area contributed by atoms with Crippen molar-refractivity contribution in [2.24, 2.45) is 11.8 Å². The minimum atomic E-state index is -0.814. The number of halogens is 1. The molecule has 0 radical (unpaired) electrons. The van der Waals surface area contributed by atoms with E-state index in [4.69, 9.17) is 4.74 Å². The molecule has 2 unspecified atom stereocenters. The van der Waals surface area contributed by atoms with E-state index in [-0.39, 0.29) is 6.10 Å². The van der Waals surface area contributed by atoms with Crippen LogP contribution >= 0.6 is 15.9 Å². The molecule has 0 aromatic carbocycles. The highest BCUT2D eigenvalue weighted by Gasteiger charge is 2.46. The Bertz CT molecular complexity index is 677. The van der Waals surface area contributed by atoms with Gasteiger partial charge >= 0.3 is 5.97 Å². The molecule has 2 atom stereocenters. The summed E-state index contributed by atoms with van der Waals surface area (Å²) in [5.41, 5.74) is 2.57. The molecule has 124 valence electrons. The molecule has 6 heteroatoms. The van der Waals surface area contributed by atoms with E-state index >= 15 is 0 Å². The van der Waals surface area contributed by atoms with Crippen LogP contribution in [0.15, 0.2) is 4.47 Å². The Hall–Kier alpha value is -1.43. The number of nitrogens with zero attached hydrogens (tertiary/aromatic N) is 2. The Labute approximate surface area is 144 Å². The number of ketones is 1. The van der Waals surface area contributed by atoms with Crippen molar-refractivity contribution in [2.45, 2.75) is 40.2 Å². The first-order valence-electron chi connectivity index (χ1n) is 7.96. The molecule has 1 saturated heterocycles. The number of fused-ring (bicyclic) bond motifs is 1. The summed E-state index contributed by atoms with van der Waals surface area (Å²) in [6.07, 6.45) is 0.951. The van der Waals surface area contributed by atoms with Crippen LogP contribution in [-0.4, -0.2) is 35.9 Å². The fourth-order valence-electron chi connectivity index (χ4n) is 3.33. The molecule has 1 saturated carbocycles. The monoisotopic (exact) mass is 380 g/mol. The summed E-state index contributed by atoms with van der Waals surface area (Å²) in [7, 11) is 0. The van der Waals surface area contributed by atoms with Crippen molar-refractivity contribution in [3.05, 3.63) is 21.4 Å². The third-order valence-corrected chi connectivity index (χ3v) is 5.46. The van der Waals surface area contributed by atoms with Crippen LogP contribution in [0, 0.1) is 25.7 Å². The van der Waals surface area contributed by atoms with E-state index in [9.17, 15) is 9.59 Å². The van der Waals surface area contributed by atoms with Crippen LogP contribution in [0.3, 0.4) is 0 Å². The van der Waals surface area contributed by atoms with E-state index < -0.39 is 11.8 Å². The van der Waals surface area contributed by atoms with Gasteiger partial charge in [-0.25, -0.2) is 4.79 Å². The lowest BCUT2D eigenvalue weighted by atomic mass is 10.0. The van der Waals surface area contributed by atoms with E-state index in [0.717, 1.165) is 40.8 Å². The lowest BCUT2D eigenvalue weighted by molar-refractivity contribution is -0.141. The van der Waals surface area contributed by atoms with E-state index in [0.29, 0.717) is 11.3 Å². The van der Waals surface area contributed by atoms with E-state index in [2.05, 4.69) is 25.8 Å². The zero-order valence-corrected chi connectivity index (χ0v) is 15.4. The van der Waals surface area contributed by atoms with Gasteiger partial charge in [0.05, 0.1) is 33.2 Å². The van der Waals surface area contributed by atoms with Gasteiger partial charge in [-0.1, -0.05) is 0 Å². The van der Waals surface area contributed by atoms with E-state index in [1.165, 1.54) is 6.42 Å². The molecule has 5 nitrogen and oxygen atoms in total. The van der Waals surface area contributed by atoms with Crippen LogP contribution < -0.4 is 4.90 Å². The minimum Gasteiger partial charge on any atom is -0.457 e. The predicted octanol–water partition coefficient (Wildman–Crippen LogP) is 3.05. The molecule has 0 N–H and O–H groups in total. The summed E-state index contributed by atoms with van der Waals surface area (Å²) >= 11 is 3.57. The van der Waals surface area contributed by atoms with Crippen molar-refractivity contribution >= 4 is 33.4 Å². The third-order valence-electron chi connectivity index (χ3n) is 4.51. The van der Waals surface area contributed by atoms with Crippen molar-refractivity contribution in [3.63, 3.8) is 0 Å². The molecule has 2 aliphatic rings. The Morgan fingerprint density at radius 3 is 2.39 bits per heavy atom. The fraction of sp³-hybridized carbons (Fsp3) is 0.588. The minimum absolute atomic E-state index is 0.323. The van der Waals surface area contributed by atoms with Gasteiger partial charge in [0.15, 0.2) is 0 Å². The normalized spacial score (nSPS) is 22.3. The standard InChI is InChI=1S/C17H21BrN2O3/c1-8(2)23-17(22)16(21)13-9(3)19-10(4)14(18)15(13)20-6-11-5-12(11)7-20/h8,11-12H,5-7H2,1-4H3. The predicted molar refractivity (Wildman–Crippen MR) is 90.8 cm³/mol. The Morgan fingerprint density at radius 1 is 1.22 bits per heavy atom. The van der Waals surface area contributed by atoms with Crippen molar-refractivity contribution in [1.29, 1.82) is 0 Å². The Morgan fingerprint density at radius 2 is 1.83 bits per heavy atom. The second kappa shape index (κ2) is 5.89. The number of aromatic nitrogens is 1. The zero-order valence-electron chi connectivity index (χ0n) is 13.9. The number of carbonyl (C=O) groups is 2. The van der Waals surface area contributed by atoms with Gasteiger partial charge in [0.2, 0.25) is 0 Å². The van der Waals surface area contributed by atoms with Gasteiger partial charge in [0, 0.05) is 13.1 Å². The number of piperidine rings is 1.